The van der Waals surface area contributed by atoms with Gasteiger partial charge in [0.1, 0.15) is 11.1 Å². The molecule has 1 unspecified atom stereocenters. The van der Waals surface area contributed by atoms with Crippen LogP contribution in [0.3, 0.4) is 0 Å². The molecular weight excluding hydrogens is 450 g/mol. The number of ether oxygens (including phenoxy) is 1. The van der Waals surface area contributed by atoms with Gasteiger partial charge in [-0.3, -0.25) is 9.69 Å². The van der Waals surface area contributed by atoms with E-state index in [4.69, 9.17) is 4.74 Å². The molecule has 1 aliphatic rings. The zero-order valence-corrected chi connectivity index (χ0v) is 20.0. The molecule has 1 saturated heterocycles. The highest BCUT2D eigenvalue weighted by atomic mass is 32.2. The maximum atomic E-state index is 13.9. The number of carbonyl (C=O) groups is 1. The molecule has 1 fully saturated rings. The Labute approximate surface area is 208 Å². The monoisotopic (exact) mass is 473 g/mol. The summed E-state index contributed by atoms with van der Waals surface area (Å²) in [5.74, 6) is 0.772. The van der Waals surface area contributed by atoms with Crippen LogP contribution in [0.4, 0.5) is 5.69 Å². The number of thioether (sulfide) groups is 1. The van der Waals surface area contributed by atoms with E-state index in [2.05, 4.69) is 72.8 Å². The summed E-state index contributed by atoms with van der Waals surface area (Å²) < 4.78 is 5.33. The summed E-state index contributed by atoms with van der Waals surface area (Å²) in [6.45, 7) is 0. The van der Waals surface area contributed by atoms with Gasteiger partial charge in [-0.15, -0.1) is 0 Å². The van der Waals surface area contributed by atoms with Crippen molar-refractivity contribution in [2.45, 2.75) is 5.37 Å². The molecule has 35 heavy (non-hydrogen) atoms. The van der Waals surface area contributed by atoms with Gasteiger partial charge in [0.2, 0.25) is 0 Å². The molecule has 0 saturated carbocycles. The molecule has 0 N–H and O–H groups in total. The molecule has 6 rings (SSSR count). The number of hydrogen-bond acceptors (Lipinski definition) is 3. The van der Waals surface area contributed by atoms with Gasteiger partial charge in [-0.05, 0) is 69.1 Å². The highest BCUT2D eigenvalue weighted by Gasteiger charge is 2.38. The summed E-state index contributed by atoms with van der Waals surface area (Å²) in [5.41, 5.74) is 3.02. The van der Waals surface area contributed by atoms with Gasteiger partial charge in [0, 0.05) is 5.69 Å². The van der Waals surface area contributed by atoms with Gasteiger partial charge in [-0.25, -0.2) is 0 Å². The Kier molecular flexibility index (Phi) is 5.51. The topological polar surface area (TPSA) is 29.5 Å². The van der Waals surface area contributed by atoms with Crippen LogP contribution in [0, 0.1) is 0 Å². The third-order valence-corrected chi connectivity index (χ3v) is 7.68. The van der Waals surface area contributed by atoms with Crippen LogP contribution in [-0.4, -0.2) is 13.0 Å². The molecule has 1 atom stereocenters. The SMILES string of the molecule is COc1ccc(N2C(=O)C(=Cc3c4ccccc4cc4ccccc34)SC2c2ccccc2)cc1. The molecule has 5 aromatic carbocycles. The van der Waals surface area contributed by atoms with E-state index in [0.717, 1.165) is 38.2 Å². The molecular formula is C31H23NO2S. The Hall–Kier alpha value is -4.02. The van der Waals surface area contributed by atoms with Crippen molar-refractivity contribution in [1.29, 1.82) is 0 Å². The van der Waals surface area contributed by atoms with Crippen LogP contribution in [-0.2, 0) is 4.79 Å². The van der Waals surface area contributed by atoms with Crippen molar-refractivity contribution in [3.05, 3.63) is 125 Å². The van der Waals surface area contributed by atoms with Crippen molar-refractivity contribution >= 4 is 51.0 Å². The maximum absolute atomic E-state index is 13.9. The van der Waals surface area contributed by atoms with E-state index in [1.165, 1.54) is 10.8 Å². The molecule has 0 spiro atoms. The second-order valence-electron chi connectivity index (χ2n) is 8.50. The second kappa shape index (κ2) is 8.97. The van der Waals surface area contributed by atoms with E-state index < -0.39 is 0 Å². The number of methoxy groups -OCH3 is 1. The van der Waals surface area contributed by atoms with Crippen molar-refractivity contribution in [2.24, 2.45) is 0 Å². The van der Waals surface area contributed by atoms with Gasteiger partial charge in [0.15, 0.2) is 0 Å². The molecule has 3 nitrogen and oxygen atoms in total. The number of benzene rings is 5. The van der Waals surface area contributed by atoms with E-state index in [1.807, 2.05) is 47.4 Å². The Morgan fingerprint density at radius 1 is 0.771 bits per heavy atom. The van der Waals surface area contributed by atoms with E-state index >= 15 is 0 Å². The van der Waals surface area contributed by atoms with Gasteiger partial charge in [-0.1, -0.05) is 90.6 Å². The number of rotatable bonds is 4. The van der Waals surface area contributed by atoms with E-state index in [0.29, 0.717) is 0 Å². The molecule has 0 bridgehead atoms. The summed E-state index contributed by atoms with van der Waals surface area (Å²) in [7, 11) is 1.65. The minimum absolute atomic E-state index is 0.00559. The number of carbonyl (C=O) groups excluding carboxylic acids is 1. The Bertz CT molecular complexity index is 1520. The van der Waals surface area contributed by atoms with Crippen molar-refractivity contribution in [3.8, 4) is 5.75 Å². The normalized spacial score (nSPS) is 16.9. The summed E-state index contributed by atoms with van der Waals surface area (Å²) in [6, 6.07) is 36.9. The lowest BCUT2D eigenvalue weighted by molar-refractivity contribution is -0.114. The predicted molar refractivity (Wildman–Crippen MR) is 147 cm³/mol. The fourth-order valence-corrected chi connectivity index (χ4v) is 5.95. The first-order chi connectivity index (χ1) is 17.2. The summed E-state index contributed by atoms with van der Waals surface area (Å²) in [6.07, 6.45) is 2.08. The summed E-state index contributed by atoms with van der Waals surface area (Å²) in [5, 5.41) is 4.47. The van der Waals surface area contributed by atoms with E-state index in [9.17, 15) is 4.79 Å². The molecule has 0 aromatic heterocycles. The minimum Gasteiger partial charge on any atom is -0.497 e. The zero-order chi connectivity index (χ0) is 23.8. The molecule has 170 valence electrons. The standard InChI is InChI=1S/C31H23NO2S/c1-34-25-17-15-24(16-18-25)32-30(33)29(35-31(32)21-9-3-2-4-10-21)20-28-26-13-7-5-11-22(26)19-23-12-6-8-14-27(23)28/h2-20,31H,1H3. The van der Waals surface area contributed by atoms with Gasteiger partial charge >= 0.3 is 0 Å². The van der Waals surface area contributed by atoms with Crippen LogP contribution >= 0.6 is 11.8 Å². The summed E-state index contributed by atoms with van der Waals surface area (Å²) in [4.78, 5) is 16.5. The fraction of sp³-hybridized carbons (Fsp3) is 0.0645. The highest BCUT2D eigenvalue weighted by Crippen LogP contribution is 2.49. The number of nitrogens with zero attached hydrogens (tertiary/aromatic N) is 1. The molecule has 1 heterocycles. The van der Waals surface area contributed by atoms with Crippen LogP contribution in [0.5, 0.6) is 5.75 Å². The number of amides is 1. The fourth-order valence-electron chi connectivity index (χ4n) is 4.71. The van der Waals surface area contributed by atoms with Crippen molar-refractivity contribution in [1.82, 2.24) is 0 Å². The van der Waals surface area contributed by atoms with E-state index in [1.54, 1.807) is 18.9 Å². The quantitative estimate of drug-likeness (QED) is 0.197. The lowest BCUT2D eigenvalue weighted by Gasteiger charge is -2.24. The van der Waals surface area contributed by atoms with Crippen LogP contribution in [0.25, 0.3) is 27.6 Å². The third kappa shape index (κ3) is 3.86. The smallest absolute Gasteiger partial charge is 0.266 e. The molecule has 0 radical (unpaired) electrons. The van der Waals surface area contributed by atoms with Crippen LogP contribution in [0.15, 0.2) is 114 Å². The average Bonchev–Trinajstić information content (AvgIpc) is 3.24. The van der Waals surface area contributed by atoms with Gasteiger partial charge in [-0.2, -0.15) is 0 Å². The number of anilines is 1. The van der Waals surface area contributed by atoms with Crippen molar-refractivity contribution in [3.63, 3.8) is 0 Å². The first kappa shape index (κ1) is 21.5. The largest absolute Gasteiger partial charge is 0.497 e. The Morgan fingerprint density at radius 2 is 1.37 bits per heavy atom. The third-order valence-electron chi connectivity index (χ3n) is 6.43. The van der Waals surface area contributed by atoms with E-state index in [-0.39, 0.29) is 11.3 Å². The highest BCUT2D eigenvalue weighted by molar-refractivity contribution is 8.05. The first-order valence-electron chi connectivity index (χ1n) is 11.5. The lowest BCUT2D eigenvalue weighted by Crippen LogP contribution is -2.27. The Balaban J connectivity index is 1.52. The maximum Gasteiger partial charge on any atom is 0.266 e. The lowest BCUT2D eigenvalue weighted by atomic mass is 9.96. The molecule has 5 aromatic rings. The molecule has 1 amide bonds. The summed E-state index contributed by atoms with van der Waals surface area (Å²) >= 11 is 1.60. The zero-order valence-electron chi connectivity index (χ0n) is 19.2. The Morgan fingerprint density at radius 3 is 2.00 bits per heavy atom. The molecule has 1 aliphatic heterocycles. The van der Waals surface area contributed by atoms with Crippen molar-refractivity contribution < 1.29 is 9.53 Å². The van der Waals surface area contributed by atoms with Gasteiger partial charge in [0.25, 0.3) is 5.91 Å². The average molecular weight is 474 g/mol. The van der Waals surface area contributed by atoms with Crippen LogP contribution in [0.1, 0.15) is 16.5 Å². The minimum atomic E-state index is -0.149. The number of hydrogen-bond donors (Lipinski definition) is 0. The number of fused-ring (bicyclic) bond motifs is 2. The van der Waals surface area contributed by atoms with Crippen molar-refractivity contribution in [2.75, 3.05) is 12.0 Å². The molecule has 4 heteroatoms. The van der Waals surface area contributed by atoms with Gasteiger partial charge in [0.05, 0.1) is 12.0 Å². The van der Waals surface area contributed by atoms with Gasteiger partial charge < -0.3 is 4.74 Å². The molecule has 0 aliphatic carbocycles. The van der Waals surface area contributed by atoms with Crippen LogP contribution in [0.2, 0.25) is 0 Å². The van der Waals surface area contributed by atoms with Crippen LogP contribution < -0.4 is 9.64 Å². The second-order valence-corrected chi connectivity index (χ2v) is 9.62. The predicted octanol–water partition coefficient (Wildman–Crippen LogP) is 7.82. The first-order valence-corrected chi connectivity index (χ1v) is 12.4.